The molecule has 0 saturated heterocycles. The van der Waals surface area contributed by atoms with Crippen molar-refractivity contribution in [2.45, 2.75) is 12.8 Å². The van der Waals surface area contributed by atoms with Crippen LogP contribution in [0.1, 0.15) is 12.8 Å². The van der Waals surface area contributed by atoms with Gasteiger partial charge in [0, 0.05) is 0 Å². The van der Waals surface area contributed by atoms with E-state index in [-0.39, 0.29) is 0 Å². The lowest BCUT2D eigenvalue weighted by molar-refractivity contribution is 0.475. The molecule has 3 N–H and O–H groups in total. The van der Waals surface area contributed by atoms with Crippen LogP contribution in [0.15, 0.2) is 108 Å². The summed E-state index contributed by atoms with van der Waals surface area (Å²) < 4.78 is 0. The third-order valence-electron chi connectivity index (χ3n) is 3.47. The number of hydrogen-bond acceptors (Lipinski definition) is 4. The van der Waals surface area contributed by atoms with Crippen LogP contribution in [0.2, 0.25) is 0 Å². The number of rotatable bonds is 1. The third-order valence-corrected chi connectivity index (χ3v) is 3.47. The number of phenols is 2. The molecule has 0 spiro atoms. The minimum absolute atomic E-state index is 0.322. The normalized spacial score (nSPS) is 12.7. The summed E-state index contributed by atoms with van der Waals surface area (Å²) in [5.41, 5.74) is 2.98. The number of aliphatic hydroxyl groups excluding tert-OH is 1. The summed E-state index contributed by atoms with van der Waals surface area (Å²) in [6.45, 7) is 0. The van der Waals surface area contributed by atoms with Crippen LogP contribution in [0.3, 0.4) is 0 Å². The molecule has 0 saturated carbocycles. The van der Waals surface area contributed by atoms with Crippen molar-refractivity contribution in [3.8, 4) is 17.8 Å². The maximum Gasteiger partial charge on any atom is 0.283 e. The molecular formula is C23H23NO3. The van der Waals surface area contributed by atoms with Crippen LogP contribution in [-0.2, 0) is 0 Å². The van der Waals surface area contributed by atoms with Crippen LogP contribution in [-0.4, -0.2) is 15.3 Å². The number of allylic oxidation sites excluding steroid dienone is 8. The van der Waals surface area contributed by atoms with Gasteiger partial charge in [0.25, 0.3) is 6.26 Å². The summed E-state index contributed by atoms with van der Waals surface area (Å²) in [7, 11) is 0. The first-order valence-electron chi connectivity index (χ1n) is 8.40. The molecule has 2 aromatic rings. The molecular weight excluding hydrogens is 338 g/mol. The van der Waals surface area contributed by atoms with E-state index in [1.54, 1.807) is 48.5 Å². The van der Waals surface area contributed by atoms with Gasteiger partial charge < -0.3 is 15.3 Å². The molecule has 0 fully saturated rings. The summed E-state index contributed by atoms with van der Waals surface area (Å²) in [6.07, 6.45) is 16.1. The van der Waals surface area contributed by atoms with E-state index in [4.69, 9.17) is 20.6 Å². The van der Waals surface area contributed by atoms with Crippen LogP contribution in [0.25, 0.3) is 0 Å². The summed E-state index contributed by atoms with van der Waals surface area (Å²) in [6, 6.07) is 17.4. The first-order chi connectivity index (χ1) is 13.2. The molecule has 0 aliphatic heterocycles. The van der Waals surface area contributed by atoms with E-state index in [1.165, 1.54) is 11.1 Å². The van der Waals surface area contributed by atoms with Gasteiger partial charge in [-0.25, -0.2) is 0 Å². The Labute approximate surface area is 160 Å². The lowest BCUT2D eigenvalue weighted by atomic mass is 10.1. The van der Waals surface area contributed by atoms with E-state index < -0.39 is 0 Å². The van der Waals surface area contributed by atoms with E-state index >= 15 is 0 Å². The predicted molar refractivity (Wildman–Crippen MR) is 107 cm³/mol. The van der Waals surface area contributed by atoms with Gasteiger partial charge >= 0.3 is 0 Å². The molecule has 2 aromatic carbocycles. The van der Waals surface area contributed by atoms with E-state index in [2.05, 4.69) is 36.5 Å². The summed E-state index contributed by atoms with van der Waals surface area (Å²) in [4.78, 5) is 0. The molecule has 0 amide bonds. The number of para-hydroxylation sites is 2. The highest BCUT2D eigenvalue weighted by Gasteiger charge is 2.05. The van der Waals surface area contributed by atoms with Crippen molar-refractivity contribution in [1.29, 1.82) is 5.26 Å². The van der Waals surface area contributed by atoms with Crippen molar-refractivity contribution >= 4 is 0 Å². The van der Waals surface area contributed by atoms with Crippen molar-refractivity contribution in [1.82, 2.24) is 0 Å². The van der Waals surface area contributed by atoms with Gasteiger partial charge in [0.05, 0.1) is 0 Å². The fraction of sp³-hybridized carbons (Fsp3) is 0.0870. The number of hydrogen-bond donors (Lipinski definition) is 3. The average molecular weight is 361 g/mol. The van der Waals surface area contributed by atoms with Gasteiger partial charge in [-0.05, 0) is 48.3 Å². The van der Waals surface area contributed by atoms with Crippen LogP contribution in [0, 0.1) is 11.5 Å². The fourth-order valence-electron chi connectivity index (χ4n) is 2.23. The molecule has 27 heavy (non-hydrogen) atoms. The lowest BCUT2D eigenvalue weighted by Crippen LogP contribution is -1.80. The van der Waals surface area contributed by atoms with E-state index in [0.717, 1.165) is 19.1 Å². The second kappa shape index (κ2) is 13.6. The van der Waals surface area contributed by atoms with Crippen molar-refractivity contribution in [2.75, 3.05) is 0 Å². The first-order valence-corrected chi connectivity index (χ1v) is 8.40. The lowest BCUT2D eigenvalue weighted by Gasteiger charge is -1.99. The Hall–Kier alpha value is -3.71. The maximum absolute atomic E-state index is 8.63. The maximum atomic E-state index is 8.63. The zero-order valence-electron chi connectivity index (χ0n) is 14.9. The fourth-order valence-corrected chi connectivity index (χ4v) is 2.23. The number of benzene rings is 2. The van der Waals surface area contributed by atoms with Gasteiger partial charge in [0.15, 0.2) is 0 Å². The Balaban J connectivity index is 0.000000193. The minimum Gasteiger partial charge on any atom is -0.508 e. The molecule has 2 aliphatic carbocycles. The highest BCUT2D eigenvalue weighted by atomic mass is 16.3. The zero-order chi connectivity index (χ0) is 19.7. The standard InChI is InChI=1S/C10H10.2C6H6O.CHNO/c1-2-6-9(5-1)10-7-3-4-8-10;2*7-6-4-2-1-3-5-6;2-1-3/h1-5,7H,6,8H2;2*1-5,7H;3H. The average Bonchev–Trinajstić information content (AvgIpc) is 3.39. The van der Waals surface area contributed by atoms with Gasteiger partial charge in [-0.3, -0.25) is 0 Å². The Morgan fingerprint density at radius 2 is 1.00 bits per heavy atom. The largest absolute Gasteiger partial charge is 0.508 e. The van der Waals surface area contributed by atoms with Crippen LogP contribution in [0.5, 0.6) is 11.5 Å². The molecule has 4 heteroatoms. The molecule has 0 unspecified atom stereocenters. The monoisotopic (exact) mass is 361 g/mol. The summed E-state index contributed by atoms with van der Waals surface area (Å²) in [5, 5.41) is 31.0. The highest BCUT2D eigenvalue weighted by molar-refractivity contribution is 5.44. The molecule has 0 atom stereocenters. The number of aromatic hydroxyl groups is 2. The van der Waals surface area contributed by atoms with Crippen LogP contribution >= 0.6 is 0 Å². The van der Waals surface area contributed by atoms with Crippen molar-refractivity contribution in [2.24, 2.45) is 0 Å². The molecule has 4 nitrogen and oxygen atoms in total. The minimum atomic E-state index is 0.322. The third kappa shape index (κ3) is 10.0. The Kier molecular flexibility index (Phi) is 10.7. The van der Waals surface area contributed by atoms with Crippen molar-refractivity contribution < 1.29 is 15.3 Å². The van der Waals surface area contributed by atoms with Gasteiger partial charge in [-0.1, -0.05) is 72.9 Å². The molecule has 0 heterocycles. The van der Waals surface area contributed by atoms with Gasteiger partial charge in [0.1, 0.15) is 11.5 Å². The van der Waals surface area contributed by atoms with Crippen LogP contribution in [0.4, 0.5) is 0 Å². The molecule has 0 bridgehead atoms. The molecule has 0 aromatic heterocycles. The second-order valence-electron chi connectivity index (χ2n) is 5.42. The van der Waals surface area contributed by atoms with Gasteiger partial charge in [-0.2, -0.15) is 5.26 Å². The summed E-state index contributed by atoms with van der Waals surface area (Å²) >= 11 is 0. The number of phenolic OH excluding ortho intramolecular Hbond substituents is 2. The predicted octanol–water partition coefficient (Wildman–Crippen LogP) is 5.38. The van der Waals surface area contributed by atoms with Gasteiger partial charge in [0.2, 0.25) is 0 Å². The first kappa shape index (κ1) is 21.3. The Bertz CT molecular complexity index is 748. The quantitative estimate of drug-likeness (QED) is 0.595. The van der Waals surface area contributed by atoms with Crippen molar-refractivity contribution in [3.05, 3.63) is 108 Å². The Morgan fingerprint density at radius 1 is 0.667 bits per heavy atom. The summed E-state index contributed by atoms with van der Waals surface area (Å²) in [5.74, 6) is 0.644. The van der Waals surface area contributed by atoms with Gasteiger partial charge in [-0.15, -0.1) is 0 Å². The SMILES string of the molecule is C1=CCC(C2=CC=CC2)=C1.N#CO.Oc1ccccc1.Oc1ccccc1. The zero-order valence-corrected chi connectivity index (χ0v) is 14.9. The molecule has 0 radical (unpaired) electrons. The topological polar surface area (TPSA) is 84.5 Å². The molecule has 138 valence electrons. The highest BCUT2D eigenvalue weighted by Crippen LogP contribution is 2.25. The van der Waals surface area contributed by atoms with E-state index in [1.807, 2.05) is 12.1 Å². The van der Waals surface area contributed by atoms with E-state index in [0.29, 0.717) is 11.5 Å². The molecule has 2 aliphatic rings. The second-order valence-corrected chi connectivity index (χ2v) is 5.42. The van der Waals surface area contributed by atoms with Crippen LogP contribution < -0.4 is 0 Å². The number of aliphatic hydroxyl groups is 1. The number of nitriles is 1. The van der Waals surface area contributed by atoms with E-state index in [9.17, 15) is 0 Å². The molecule has 4 rings (SSSR count). The number of nitrogens with zero attached hydrogens (tertiary/aromatic N) is 1. The Morgan fingerprint density at radius 3 is 1.19 bits per heavy atom. The smallest absolute Gasteiger partial charge is 0.283 e. The van der Waals surface area contributed by atoms with Crippen molar-refractivity contribution in [3.63, 3.8) is 0 Å².